The fourth-order valence-corrected chi connectivity index (χ4v) is 6.29. The van der Waals surface area contributed by atoms with Gasteiger partial charge in [0.2, 0.25) is 5.28 Å². The van der Waals surface area contributed by atoms with E-state index in [1.54, 1.807) is 19.1 Å². The molecule has 214 valence electrons. The number of rotatable bonds is 12. The summed E-state index contributed by atoms with van der Waals surface area (Å²) < 4.78 is 42.1. The molecule has 0 spiro atoms. The molecule has 0 fully saturated rings. The largest absolute Gasteiger partial charge is 0.386 e. The SMILES string of the molecule is C/C=C(/COP(=O)(O)CP(=O)(O)O)[C@@H](O)[C@@H](O)[C@@H](O)n1ncc2c(N[C@H](C)c3cccc(F)c3)nc(Cl)nc21. The number of benzene rings is 1. The van der Waals surface area contributed by atoms with Gasteiger partial charge in [0, 0.05) is 0 Å². The maximum Gasteiger partial charge on any atom is 0.340 e. The van der Waals surface area contributed by atoms with Crippen LogP contribution in [0.1, 0.15) is 31.7 Å². The average Bonchev–Trinajstić information content (AvgIpc) is 3.25. The van der Waals surface area contributed by atoms with E-state index < -0.39 is 58.0 Å². The van der Waals surface area contributed by atoms with Crippen LogP contribution in [-0.4, -0.2) is 74.5 Å². The van der Waals surface area contributed by atoms with Gasteiger partial charge in [0.25, 0.3) is 0 Å². The predicted octanol–water partition coefficient (Wildman–Crippen LogP) is 2.29. The Hall–Kier alpha value is -2.29. The predicted molar refractivity (Wildman–Crippen MR) is 138 cm³/mol. The summed E-state index contributed by atoms with van der Waals surface area (Å²) in [4.78, 5) is 35.6. The molecule has 18 heteroatoms. The van der Waals surface area contributed by atoms with Crippen molar-refractivity contribution in [2.75, 3.05) is 17.8 Å². The van der Waals surface area contributed by atoms with E-state index in [9.17, 15) is 33.7 Å². The molecule has 0 saturated heterocycles. The Balaban J connectivity index is 1.81. The van der Waals surface area contributed by atoms with Crippen molar-refractivity contribution in [3.63, 3.8) is 0 Å². The molecule has 0 radical (unpaired) electrons. The zero-order valence-corrected chi connectivity index (χ0v) is 23.1. The van der Waals surface area contributed by atoms with E-state index in [2.05, 4.69) is 24.9 Å². The summed E-state index contributed by atoms with van der Waals surface area (Å²) in [6, 6.07) is 5.47. The van der Waals surface area contributed by atoms with E-state index in [-0.39, 0.29) is 27.7 Å². The van der Waals surface area contributed by atoms with Crippen LogP contribution in [0.2, 0.25) is 5.28 Å². The summed E-state index contributed by atoms with van der Waals surface area (Å²) in [6.07, 6.45) is -3.24. The Morgan fingerprint density at radius 3 is 2.54 bits per heavy atom. The second-order valence-electron chi connectivity index (χ2n) is 8.52. The van der Waals surface area contributed by atoms with Gasteiger partial charge in [0.1, 0.15) is 23.8 Å². The second kappa shape index (κ2) is 12.5. The highest BCUT2D eigenvalue weighted by Gasteiger charge is 2.34. The first kappa shape index (κ1) is 31.2. The first-order valence-electron chi connectivity index (χ1n) is 11.2. The van der Waals surface area contributed by atoms with E-state index in [1.807, 2.05) is 0 Å². The maximum absolute atomic E-state index is 13.6. The number of nitrogens with zero attached hydrogens (tertiary/aromatic N) is 4. The molecule has 0 amide bonds. The van der Waals surface area contributed by atoms with E-state index in [1.165, 1.54) is 31.3 Å². The van der Waals surface area contributed by atoms with E-state index in [0.29, 0.717) is 5.56 Å². The molecule has 2 heterocycles. The Morgan fingerprint density at radius 1 is 1.23 bits per heavy atom. The van der Waals surface area contributed by atoms with Crippen molar-refractivity contribution in [1.82, 2.24) is 19.7 Å². The van der Waals surface area contributed by atoms with Crippen LogP contribution in [0.5, 0.6) is 0 Å². The molecule has 0 aliphatic heterocycles. The lowest BCUT2D eigenvalue weighted by atomic mass is 10.0. The van der Waals surface area contributed by atoms with Crippen LogP contribution < -0.4 is 5.32 Å². The lowest BCUT2D eigenvalue weighted by Gasteiger charge is -2.25. The van der Waals surface area contributed by atoms with Gasteiger partial charge in [-0.15, -0.1) is 0 Å². The number of fused-ring (bicyclic) bond motifs is 1. The summed E-state index contributed by atoms with van der Waals surface area (Å²) in [7, 11) is -9.61. The van der Waals surface area contributed by atoms with Crippen LogP contribution in [-0.2, 0) is 13.7 Å². The van der Waals surface area contributed by atoms with Gasteiger partial charge < -0.3 is 39.8 Å². The summed E-state index contributed by atoms with van der Waals surface area (Å²) >= 11 is 6.07. The topological polar surface area (TPSA) is 220 Å². The highest BCUT2D eigenvalue weighted by atomic mass is 35.5. The molecule has 14 nitrogen and oxygen atoms in total. The zero-order valence-electron chi connectivity index (χ0n) is 20.5. The number of allylic oxidation sites excluding steroid dienone is 1. The molecule has 7 N–H and O–H groups in total. The van der Waals surface area contributed by atoms with Crippen molar-refractivity contribution in [1.29, 1.82) is 0 Å². The van der Waals surface area contributed by atoms with Crippen LogP contribution in [0.3, 0.4) is 0 Å². The molecule has 39 heavy (non-hydrogen) atoms. The lowest BCUT2D eigenvalue weighted by Crippen LogP contribution is -2.37. The van der Waals surface area contributed by atoms with Crippen LogP contribution in [0, 0.1) is 5.82 Å². The fraction of sp³-hybridized carbons (Fsp3) is 0.381. The molecule has 1 unspecified atom stereocenters. The highest BCUT2D eigenvalue weighted by molar-refractivity contribution is 7.70. The van der Waals surface area contributed by atoms with E-state index >= 15 is 0 Å². The molecule has 0 saturated carbocycles. The molecule has 1 aromatic carbocycles. The van der Waals surface area contributed by atoms with Gasteiger partial charge in [-0.1, -0.05) is 18.2 Å². The van der Waals surface area contributed by atoms with Crippen molar-refractivity contribution < 1.29 is 48.0 Å². The zero-order chi connectivity index (χ0) is 29.1. The normalized spacial score (nSPS) is 17.4. The standard InChI is InChI=1S/C21H27ClFN5O9P2/c1-3-12(9-37-39(35,36)10-38(32,33)34)16(29)17(30)20(31)28-19-15(8-24-28)18(26-21(22)27-19)25-11(2)13-5-4-6-14(23)7-13/h3-8,11,16-17,20,29-31H,9-10H2,1-2H3,(H,35,36)(H,25,26,27)(H2,32,33,34)/b12-3-/t11-,16-,17-,20-/m1/s1. The number of aromatic nitrogens is 4. The first-order valence-corrected chi connectivity index (χ1v) is 15.2. The van der Waals surface area contributed by atoms with Gasteiger partial charge in [-0.2, -0.15) is 15.1 Å². The van der Waals surface area contributed by atoms with Gasteiger partial charge in [-0.3, -0.25) is 9.13 Å². The molecular weight excluding hydrogens is 583 g/mol. The summed E-state index contributed by atoms with van der Waals surface area (Å²) in [5.74, 6) is -1.67. The number of hydrogen-bond donors (Lipinski definition) is 7. The highest BCUT2D eigenvalue weighted by Crippen LogP contribution is 2.55. The van der Waals surface area contributed by atoms with Crippen molar-refractivity contribution in [2.45, 2.75) is 38.3 Å². The van der Waals surface area contributed by atoms with Gasteiger partial charge in [-0.25, -0.2) is 9.07 Å². The first-order chi connectivity index (χ1) is 18.1. The second-order valence-corrected chi connectivity index (χ2v) is 12.9. The number of halogens is 2. The Labute approximate surface area is 226 Å². The molecule has 0 bridgehead atoms. The Morgan fingerprint density at radius 2 is 1.92 bits per heavy atom. The average molecular weight is 610 g/mol. The molecule has 2 aromatic heterocycles. The Bertz CT molecular complexity index is 1450. The molecule has 3 rings (SSSR count). The van der Waals surface area contributed by atoms with Gasteiger partial charge in [-0.05, 0) is 48.7 Å². The third kappa shape index (κ3) is 8.12. The van der Waals surface area contributed by atoms with Crippen molar-refractivity contribution in [2.24, 2.45) is 0 Å². The minimum Gasteiger partial charge on any atom is -0.386 e. The van der Waals surface area contributed by atoms with Gasteiger partial charge in [0.15, 0.2) is 17.8 Å². The van der Waals surface area contributed by atoms with Crippen molar-refractivity contribution in [3.8, 4) is 0 Å². The number of anilines is 1. The number of nitrogens with one attached hydrogen (secondary N) is 1. The molecular formula is C21H27ClFN5O9P2. The lowest BCUT2D eigenvalue weighted by molar-refractivity contribution is -0.0845. The third-order valence-corrected chi connectivity index (χ3v) is 9.16. The summed E-state index contributed by atoms with van der Waals surface area (Å²) in [5.41, 5.74) is 0.414. The summed E-state index contributed by atoms with van der Waals surface area (Å²) in [6.45, 7) is 2.37. The van der Waals surface area contributed by atoms with Crippen molar-refractivity contribution >= 4 is 43.6 Å². The third-order valence-electron chi connectivity index (χ3n) is 5.55. The molecule has 5 atom stereocenters. The maximum atomic E-state index is 13.6. The molecule has 0 aliphatic carbocycles. The number of aliphatic hydroxyl groups excluding tert-OH is 3. The van der Waals surface area contributed by atoms with E-state index in [0.717, 1.165) is 4.68 Å². The minimum absolute atomic E-state index is 0.0255. The van der Waals surface area contributed by atoms with Crippen molar-refractivity contribution in [3.05, 3.63) is 58.8 Å². The van der Waals surface area contributed by atoms with Crippen LogP contribution in [0.4, 0.5) is 10.2 Å². The molecule has 3 aromatic rings. The van der Waals surface area contributed by atoms with Crippen LogP contribution >= 0.6 is 26.8 Å². The van der Waals surface area contributed by atoms with Crippen LogP contribution in [0.15, 0.2) is 42.1 Å². The molecule has 0 aliphatic rings. The number of hydrogen-bond acceptors (Lipinski definition) is 10. The Kier molecular flexibility index (Phi) is 10.00. The monoisotopic (exact) mass is 609 g/mol. The smallest absolute Gasteiger partial charge is 0.340 e. The fourth-order valence-electron chi connectivity index (χ4n) is 3.58. The van der Waals surface area contributed by atoms with Gasteiger partial charge in [0.05, 0.1) is 24.2 Å². The van der Waals surface area contributed by atoms with E-state index in [4.69, 9.17) is 21.4 Å². The minimum atomic E-state index is -4.87. The quantitative estimate of drug-likeness (QED) is 0.0891. The van der Waals surface area contributed by atoms with Gasteiger partial charge >= 0.3 is 15.2 Å². The summed E-state index contributed by atoms with van der Waals surface area (Å²) in [5, 5.41) is 39.2. The number of aliphatic hydroxyl groups is 3. The van der Waals surface area contributed by atoms with Crippen LogP contribution in [0.25, 0.3) is 11.0 Å².